The first-order valence-corrected chi connectivity index (χ1v) is 8.16. The van der Waals surface area contributed by atoms with E-state index < -0.39 is 6.10 Å². The third kappa shape index (κ3) is 4.99. The third-order valence-electron chi connectivity index (χ3n) is 4.13. The first-order valence-electron chi connectivity index (χ1n) is 8.16. The van der Waals surface area contributed by atoms with E-state index >= 15 is 0 Å². The Morgan fingerprint density at radius 2 is 1.44 bits per heavy atom. The van der Waals surface area contributed by atoms with Gasteiger partial charge in [-0.2, -0.15) is 0 Å². The van der Waals surface area contributed by atoms with Crippen molar-refractivity contribution in [2.45, 2.75) is 25.4 Å². The fraction of sp³-hybridized carbons (Fsp3) is 0.333. The maximum absolute atomic E-state index is 9.33. The molecule has 0 aromatic heterocycles. The molecule has 1 atom stereocenters. The number of aliphatic hydroxyl groups is 2. The molecule has 4 nitrogen and oxygen atoms in total. The maximum Gasteiger partial charge on any atom is 0.148 e. The van der Waals surface area contributed by atoms with E-state index in [4.69, 9.17) is 21.0 Å². The molecule has 132 valence electrons. The van der Waals surface area contributed by atoms with Crippen LogP contribution in [0.1, 0.15) is 25.0 Å². The van der Waals surface area contributed by atoms with Gasteiger partial charge in [0.15, 0.2) is 0 Å². The molecule has 2 rings (SSSR count). The van der Waals surface area contributed by atoms with E-state index in [0.717, 1.165) is 16.9 Å². The standard InChI is InChI=1S/C21H24O4/c1-4-13-24-19-9-5-16(6-10-19)21(2,3)17-7-11-20(12-8-17)25-15-18(23)14-22/h1,5-12,18,22-23H,13-15H2,2-3H3. The zero-order chi connectivity index (χ0) is 18.3. The highest BCUT2D eigenvalue weighted by atomic mass is 16.5. The summed E-state index contributed by atoms with van der Waals surface area (Å²) in [5.41, 5.74) is 2.11. The minimum Gasteiger partial charge on any atom is -0.491 e. The monoisotopic (exact) mass is 340 g/mol. The molecular formula is C21H24O4. The van der Waals surface area contributed by atoms with Crippen LogP contribution in [0.4, 0.5) is 0 Å². The van der Waals surface area contributed by atoms with Crippen molar-refractivity contribution in [3.63, 3.8) is 0 Å². The predicted octanol–water partition coefficient (Wildman–Crippen LogP) is 2.76. The highest BCUT2D eigenvalue weighted by molar-refractivity contribution is 5.41. The molecule has 25 heavy (non-hydrogen) atoms. The molecule has 0 aliphatic rings. The molecule has 4 heteroatoms. The lowest BCUT2D eigenvalue weighted by Gasteiger charge is -2.26. The van der Waals surface area contributed by atoms with Crippen molar-refractivity contribution in [2.24, 2.45) is 0 Å². The van der Waals surface area contributed by atoms with E-state index in [-0.39, 0.29) is 25.2 Å². The second-order valence-corrected chi connectivity index (χ2v) is 6.31. The van der Waals surface area contributed by atoms with Crippen molar-refractivity contribution >= 4 is 0 Å². The first-order chi connectivity index (χ1) is 12.0. The molecule has 2 aromatic carbocycles. The highest BCUT2D eigenvalue weighted by Crippen LogP contribution is 2.33. The van der Waals surface area contributed by atoms with Gasteiger partial charge in [-0.15, -0.1) is 6.42 Å². The van der Waals surface area contributed by atoms with Crippen LogP contribution in [0.5, 0.6) is 11.5 Å². The molecule has 0 saturated carbocycles. The SMILES string of the molecule is C#CCOc1ccc(C(C)(C)c2ccc(OCC(O)CO)cc2)cc1. The Labute approximate surface area is 149 Å². The summed E-state index contributed by atoms with van der Waals surface area (Å²) >= 11 is 0. The van der Waals surface area contributed by atoms with E-state index in [1.165, 1.54) is 0 Å². The Hall–Kier alpha value is -2.48. The van der Waals surface area contributed by atoms with Gasteiger partial charge in [0.05, 0.1) is 6.61 Å². The van der Waals surface area contributed by atoms with Crippen molar-refractivity contribution in [1.29, 1.82) is 0 Å². The van der Waals surface area contributed by atoms with Crippen LogP contribution in [0.25, 0.3) is 0 Å². The molecule has 0 bridgehead atoms. The Bertz CT molecular complexity index is 696. The fourth-order valence-corrected chi connectivity index (χ4v) is 2.47. The van der Waals surface area contributed by atoms with Crippen molar-refractivity contribution in [2.75, 3.05) is 19.8 Å². The summed E-state index contributed by atoms with van der Waals surface area (Å²) in [6.07, 6.45) is 4.33. The molecule has 0 aliphatic carbocycles. The minimum atomic E-state index is -0.869. The third-order valence-corrected chi connectivity index (χ3v) is 4.13. The van der Waals surface area contributed by atoms with Crippen LogP contribution >= 0.6 is 0 Å². The van der Waals surface area contributed by atoms with E-state index in [1.807, 2.05) is 48.5 Å². The van der Waals surface area contributed by atoms with Gasteiger partial charge >= 0.3 is 0 Å². The summed E-state index contributed by atoms with van der Waals surface area (Å²) in [7, 11) is 0. The molecule has 0 amide bonds. The van der Waals surface area contributed by atoms with E-state index in [9.17, 15) is 5.11 Å². The van der Waals surface area contributed by atoms with Gasteiger partial charge in [0, 0.05) is 5.41 Å². The number of benzene rings is 2. The molecular weight excluding hydrogens is 316 g/mol. The Kier molecular flexibility index (Phi) is 6.46. The Balaban J connectivity index is 2.09. The molecule has 0 radical (unpaired) electrons. The van der Waals surface area contributed by atoms with Gasteiger partial charge in [-0.1, -0.05) is 44.0 Å². The summed E-state index contributed by atoms with van der Waals surface area (Å²) < 4.78 is 10.9. The number of terminal acetylenes is 1. The zero-order valence-corrected chi connectivity index (χ0v) is 14.6. The lowest BCUT2D eigenvalue weighted by Crippen LogP contribution is -2.21. The Morgan fingerprint density at radius 3 is 1.88 bits per heavy atom. The summed E-state index contributed by atoms with van der Waals surface area (Å²) in [5, 5.41) is 18.1. The molecule has 0 aliphatic heterocycles. The van der Waals surface area contributed by atoms with Crippen LogP contribution < -0.4 is 9.47 Å². The van der Waals surface area contributed by atoms with Gasteiger partial charge < -0.3 is 19.7 Å². The van der Waals surface area contributed by atoms with Crippen LogP contribution in [0, 0.1) is 12.3 Å². The second-order valence-electron chi connectivity index (χ2n) is 6.31. The molecule has 0 fully saturated rings. The average Bonchev–Trinajstić information content (AvgIpc) is 2.65. The van der Waals surface area contributed by atoms with Crippen LogP contribution in [0.2, 0.25) is 0 Å². The second kappa shape index (κ2) is 8.57. The highest BCUT2D eigenvalue weighted by Gasteiger charge is 2.23. The molecule has 1 unspecified atom stereocenters. The summed E-state index contributed by atoms with van der Waals surface area (Å²) in [6, 6.07) is 15.6. The van der Waals surface area contributed by atoms with E-state index in [2.05, 4.69) is 19.8 Å². The van der Waals surface area contributed by atoms with Crippen LogP contribution in [0.3, 0.4) is 0 Å². The van der Waals surface area contributed by atoms with Crippen LogP contribution in [-0.4, -0.2) is 36.1 Å². The summed E-state index contributed by atoms with van der Waals surface area (Å²) in [6.45, 7) is 4.31. The number of hydrogen-bond donors (Lipinski definition) is 2. The molecule has 0 heterocycles. The largest absolute Gasteiger partial charge is 0.491 e. The van der Waals surface area contributed by atoms with Crippen molar-refractivity contribution in [1.82, 2.24) is 0 Å². The van der Waals surface area contributed by atoms with Crippen molar-refractivity contribution in [3.8, 4) is 23.8 Å². The number of aliphatic hydroxyl groups excluding tert-OH is 2. The lowest BCUT2D eigenvalue weighted by atomic mass is 9.78. The van der Waals surface area contributed by atoms with Gasteiger partial charge in [0.2, 0.25) is 0 Å². The van der Waals surface area contributed by atoms with E-state index in [0.29, 0.717) is 5.75 Å². The quantitative estimate of drug-likeness (QED) is 0.726. The van der Waals surface area contributed by atoms with Crippen LogP contribution in [0.15, 0.2) is 48.5 Å². The predicted molar refractivity (Wildman–Crippen MR) is 97.9 cm³/mol. The maximum atomic E-state index is 9.33. The smallest absolute Gasteiger partial charge is 0.148 e. The van der Waals surface area contributed by atoms with Gasteiger partial charge in [0.1, 0.15) is 30.8 Å². The number of ether oxygens (including phenoxy) is 2. The lowest BCUT2D eigenvalue weighted by molar-refractivity contribution is 0.0536. The van der Waals surface area contributed by atoms with Gasteiger partial charge in [-0.25, -0.2) is 0 Å². The van der Waals surface area contributed by atoms with E-state index in [1.54, 1.807) is 0 Å². The first kappa shape index (κ1) is 18.9. The minimum absolute atomic E-state index is 0.0678. The van der Waals surface area contributed by atoms with Gasteiger partial charge in [-0.05, 0) is 35.4 Å². The molecule has 0 spiro atoms. The topological polar surface area (TPSA) is 58.9 Å². The Morgan fingerprint density at radius 1 is 0.960 bits per heavy atom. The van der Waals surface area contributed by atoms with Gasteiger partial charge in [0.25, 0.3) is 0 Å². The normalized spacial score (nSPS) is 12.3. The van der Waals surface area contributed by atoms with Crippen molar-refractivity contribution in [3.05, 3.63) is 59.7 Å². The van der Waals surface area contributed by atoms with Gasteiger partial charge in [-0.3, -0.25) is 0 Å². The molecule has 2 aromatic rings. The summed E-state index contributed by atoms with van der Waals surface area (Å²) in [5.74, 6) is 3.86. The van der Waals surface area contributed by atoms with Crippen LogP contribution in [-0.2, 0) is 5.41 Å². The number of rotatable bonds is 8. The molecule has 0 saturated heterocycles. The van der Waals surface area contributed by atoms with Crippen molar-refractivity contribution < 1.29 is 19.7 Å². The summed E-state index contributed by atoms with van der Waals surface area (Å²) in [4.78, 5) is 0. The zero-order valence-electron chi connectivity index (χ0n) is 14.6. The molecule has 2 N–H and O–H groups in total. The number of hydrogen-bond acceptors (Lipinski definition) is 4. The fourth-order valence-electron chi connectivity index (χ4n) is 2.47. The average molecular weight is 340 g/mol.